The van der Waals surface area contributed by atoms with E-state index in [4.69, 9.17) is 16.6 Å². The first-order chi connectivity index (χ1) is 19.9. The van der Waals surface area contributed by atoms with Crippen molar-refractivity contribution >= 4 is 51.8 Å². The first kappa shape index (κ1) is 28.1. The Morgan fingerprint density at radius 2 is 1.88 bits per heavy atom. The molecule has 10 nitrogen and oxygen atoms in total. The maximum Gasteiger partial charge on any atom is 0.321 e. The second-order valence-electron chi connectivity index (χ2n) is 10.2. The Morgan fingerprint density at radius 1 is 1.12 bits per heavy atom. The maximum atomic E-state index is 13.0. The minimum atomic E-state index is -0.200. The number of hydrogen-bond donors (Lipinski definition) is 4. The number of amides is 3. The predicted molar refractivity (Wildman–Crippen MR) is 164 cm³/mol. The lowest BCUT2D eigenvalue weighted by Gasteiger charge is -2.33. The summed E-state index contributed by atoms with van der Waals surface area (Å²) in [5, 5.41) is 10.7. The number of carbonyl (C=O) groups is 2. The lowest BCUT2D eigenvalue weighted by atomic mass is 10.1. The number of urea groups is 1. The Morgan fingerprint density at radius 3 is 2.66 bits per heavy atom. The number of likely N-dealkylation sites (N-methyl/N-ethyl adjacent to an activating group) is 1. The van der Waals surface area contributed by atoms with Gasteiger partial charge in [-0.2, -0.15) is 0 Å². The van der Waals surface area contributed by atoms with E-state index in [1.54, 1.807) is 41.4 Å². The third-order valence-electron chi connectivity index (χ3n) is 6.77. The van der Waals surface area contributed by atoms with E-state index in [1.807, 2.05) is 49.5 Å². The number of likely N-dealkylation sites (tertiary alicyclic amines) is 1. The number of para-hydroxylation sites is 1. The van der Waals surface area contributed by atoms with Crippen LogP contribution in [0.2, 0.25) is 5.02 Å². The molecule has 41 heavy (non-hydrogen) atoms. The second-order valence-corrected chi connectivity index (χ2v) is 10.6. The van der Waals surface area contributed by atoms with E-state index in [9.17, 15) is 9.59 Å². The highest BCUT2D eigenvalue weighted by Crippen LogP contribution is 2.32. The molecule has 11 heteroatoms. The molecule has 0 spiro atoms. The number of nitrogens with zero attached hydrogens (tertiary/aromatic N) is 4. The van der Waals surface area contributed by atoms with Crippen molar-refractivity contribution in [2.45, 2.75) is 18.9 Å². The molecular weight excluding hydrogens is 540 g/mol. The minimum Gasteiger partial charge on any atom is -0.360 e. The SMILES string of the molecule is CN(C)CC=CC(=O)Nc1ccc(NC(=O)N2CCCC(Nc3ncc(Cl)c(-c4c[nH]c5ccccc45)n3)C2)cc1. The molecule has 2 aromatic heterocycles. The number of benzene rings is 2. The second kappa shape index (κ2) is 12.8. The van der Waals surface area contributed by atoms with E-state index in [-0.39, 0.29) is 18.0 Å². The average molecular weight is 573 g/mol. The number of halogens is 1. The smallest absolute Gasteiger partial charge is 0.321 e. The van der Waals surface area contributed by atoms with Gasteiger partial charge in [0.15, 0.2) is 0 Å². The lowest BCUT2D eigenvalue weighted by molar-refractivity contribution is -0.111. The highest BCUT2D eigenvalue weighted by atomic mass is 35.5. The van der Waals surface area contributed by atoms with Crippen LogP contribution in [0.25, 0.3) is 22.2 Å². The van der Waals surface area contributed by atoms with Crippen LogP contribution in [0.4, 0.5) is 22.1 Å². The van der Waals surface area contributed by atoms with Gasteiger partial charge in [-0.15, -0.1) is 0 Å². The van der Waals surface area contributed by atoms with E-state index >= 15 is 0 Å². The van der Waals surface area contributed by atoms with E-state index in [1.165, 1.54) is 6.08 Å². The standard InChI is InChI=1S/C30H33ClN8O2/c1-38(2)15-6-10-27(40)34-20-11-13-21(14-12-20)36-30(41)39-16-5-7-22(19-39)35-29-33-18-25(31)28(37-29)24-17-32-26-9-4-3-8-23(24)26/h3-4,6,8-14,17-18,22,32H,5,7,15-16,19H2,1-2H3,(H,34,40)(H,36,41)(H,33,35,37). The normalized spacial score (nSPS) is 15.4. The summed E-state index contributed by atoms with van der Waals surface area (Å²) in [5.74, 6) is 0.268. The van der Waals surface area contributed by atoms with Crippen molar-refractivity contribution in [1.29, 1.82) is 0 Å². The number of carbonyl (C=O) groups excluding carboxylic acids is 2. The Balaban J connectivity index is 1.17. The van der Waals surface area contributed by atoms with Crippen molar-refractivity contribution < 1.29 is 9.59 Å². The summed E-state index contributed by atoms with van der Waals surface area (Å²) in [4.78, 5) is 41.2. The van der Waals surface area contributed by atoms with Gasteiger partial charge in [-0.25, -0.2) is 14.8 Å². The van der Waals surface area contributed by atoms with Gasteiger partial charge in [-0.05, 0) is 57.3 Å². The molecule has 1 atom stereocenters. The average Bonchev–Trinajstić information content (AvgIpc) is 3.39. The molecule has 3 amide bonds. The number of nitrogens with one attached hydrogen (secondary N) is 4. The number of H-pyrrole nitrogens is 1. The quantitative estimate of drug-likeness (QED) is 0.209. The van der Waals surface area contributed by atoms with Crippen LogP contribution in [0.15, 0.2) is 73.1 Å². The van der Waals surface area contributed by atoms with Crippen LogP contribution in [-0.4, -0.2) is 76.5 Å². The number of aromatic nitrogens is 3. The van der Waals surface area contributed by atoms with Gasteiger partial charge in [0.25, 0.3) is 0 Å². The van der Waals surface area contributed by atoms with Crippen LogP contribution >= 0.6 is 11.6 Å². The van der Waals surface area contributed by atoms with Crippen molar-refractivity contribution in [3.8, 4) is 11.3 Å². The topological polar surface area (TPSA) is 118 Å². The van der Waals surface area contributed by atoms with Crippen molar-refractivity contribution in [2.75, 3.05) is 49.7 Å². The molecule has 1 aliphatic rings. The summed E-state index contributed by atoms with van der Waals surface area (Å²) in [6.45, 7) is 1.84. The summed E-state index contributed by atoms with van der Waals surface area (Å²) in [6, 6.07) is 14.9. The van der Waals surface area contributed by atoms with Crippen LogP contribution in [-0.2, 0) is 4.79 Å². The highest BCUT2D eigenvalue weighted by molar-refractivity contribution is 6.33. The summed E-state index contributed by atoms with van der Waals surface area (Å²) in [5.41, 5.74) is 3.87. The van der Waals surface area contributed by atoms with Crippen LogP contribution in [0.5, 0.6) is 0 Å². The van der Waals surface area contributed by atoms with Gasteiger partial charge in [0.05, 0.1) is 16.9 Å². The summed E-state index contributed by atoms with van der Waals surface area (Å²) < 4.78 is 0. The lowest BCUT2D eigenvalue weighted by Crippen LogP contribution is -2.47. The number of rotatable bonds is 8. The van der Waals surface area contributed by atoms with Crippen molar-refractivity contribution in [3.63, 3.8) is 0 Å². The molecule has 212 valence electrons. The first-order valence-electron chi connectivity index (χ1n) is 13.5. The molecule has 1 unspecified atom stereocenters. The third-order valence-corrected chi connectivity index (χ3v) is 7.05. The summed E-state index contributed by atoms with van der Waals surface area (Å²) in [6.07, 6.45) is 8.55. The molecule has 0 bridgehead atoms. The predicted octanol–water partition coefficient (Wildman–Crippen LogP) is 5.44. The zero-order chi connectivity index (χ0) is 28.8. The van der Waals surface area contributed by atoms with Gasteiger partial charge in [0, 0.05) is 65.8 Å². The monoisotopic (exact) mass is 572 g/mol. The maximum absolute atomic E-state index is 13.0. The van der Waals surface area contributed by atoms with E-state index in [0.29, 0.717) is 47.7 Å². The van der Waals surface area contributed by atoms with Crippen molar-refractivity contribution in [2.24, 2.45) is 0 Å². The molecule has 0 aliphatic carbocycles. The number of fused-ring (bicyclic) bond motifs is 1. The van der Waals surface area contributed by atoms with Gasteiger partial charge in [-0.3, -0.25) is 4.79 Å². The number of aromatic amines is 1. The van der Waals surface area contributed by atoms with E-state index in [2.05, 4.69) is 25.9 Å². The van der Waals surface area contributed by atoms with Gasteiger partial charge >= 0.3 is 6.03 Å². The zero-order valence-electron chi connectivity index (χ0n) is 23.0. The fraction of sp³-hybridized carbons (Fsp3) is 0.267. The minimum absolute atomic E-state index is 0.00960. The fourth-order valence-corrected chi connectivity index (χ4v) is 4.94. The first-order valence-corrected chi connectivity index (χ1v) is 13.9. The Bertz CT molecular complexity index is 1550. The molecular formula is C30H33ClN8O2. The van der Waals surface area contributed by atoms with E-state index in [0.717, 1.165) is 29.3 Å². The van der Waals surface area contributed by atoms with Gasteiger partial charge in [0.2, 0.25) is 11.9 Å². The van der Waals surface area contributed by atoms with E-state index < -0.39 is 0 Å². The van der Waals surface area contributed by atoms with Gasteiger partial charge in [-0.1, -0.05) is 35.9 Å². The fourth-order valence-electron chi connectivity index (χ4n) is 4.75. The number of anilines is 3. The molecule has 0 radical (unpaired) electrons. The zero-order valence-corrected chi connectivity index (χ0v) is 23.8. The highest BCUT2D eigenvalue weighted by Gasteiger charge is 2.25. The molecule has 1 saturated heterocycles. The molecule has 4 N–H and O–H groups in total. The van der Waals surface area contributed by atoms with Crippen molar-refractivity contribution in [1.82, 2.24) is 24.8 Å². The number of piperidine rings is 1. The molecule has 5 rings (SSSR count). The molecule has 2 aromatic carbocycles. The van der Waals surface area contributed by atoms with Crippen molar-refractivity contribution in [3.05, 3.63) is 78.1 Å². The molecule has 1 fully saturated rings. The third kappa shape index (κ3) is 7.22. The Labute approximate surface area is 243 Å². The Hall–Kier alpha value is -4.41. The van der Waals surface area contributed by atoms with Gasteiger partial charge in [0.1, 0.15) is 0 Å². The van der Waals surface area contributed by atoms with Crippen LogP contribution in [0, 0.1) is 0 Å². The summed E-state index contributed by atoms with van der Waals surface area (Å²) >= 11 is 6.48. The molecule has 3 heterocycles. The molecule has 4 aromatic rings. The Kier molecular flexibility index (Phi) is 8.81. The number of hydrogen-bond acceptors (Lipinski definition) is 6. The van der Waals surface area contributed by atoms with Crippen LogP contribution in [0.3, 0.4) is 0 Å². The largest absolute Gasteiger partial charge is 0.360 e. The molecule has 1 aliphatic heterocycles. The van der Waals surface area contributed by atoms with Crippen LogP contribution in [0.1, 0.15) is 12.8 Å². The van der Waals surface area contributed by atoms with Gasteiger partial charge < -0.3 is 30.7 Å². The molecule has 0 saturated carbocycles. The van der Waals surface area contributed by atoms with Crippen LogP contribution < -0.4 is 16.0 Å². The summed E-state index contributed by atoms with van der Waals surface area (Å²) in [7, 11) is 3.87.